The van der Waals surface area contributed by atoms with Gasteiger partial charge in [0.2, 0.25) is 0 Å². The molecule has 0 saturated heterocycles. The Balaban J connectivity index is 2.28. The van der Waals surface area contributed by atoms with E-state index in [1.54, 1.807) is 42.7 Å². The van der Waals surface area contributed by atoms with Gasteiger partial charge in [0.1, 0.15) is 11.3 Å². The molecule has 2 rings (SSSR count). The van der Waals surface area contributed by atoms with E-state index < -0.39 is 0 Å². The maximum Gasteiger partial charge on any atom is 0.261 e. The molecule has 19 heavy (non-hydrogen) atoms. The number of nitrogen functional groups attached to an aromatic ring is 1. The number of hydrogen-bond acceptors (Lipinski definition) is 4. The third-order valence-electron chi connectivity index (χ3n) is 2.50. The van der Waals surface area contributed by atoms with E-state index in [1.807, 2.05) is 6.92 Å². The third kappa shape index (κ3) is 3.01. The number of nitrogens with two attached hydrogens (primary N) is 1. The minimum atomic E-state index is -0.311. The Kier molecular flexibility index (Phi) is 3.97. The van der Waals surface area contributed by atoms with E-state index in [2.05, 4.69) is 10.3 Å². The van der Waals surface area contributed by atoms with Crippen molar-refractivity contribution in [2.75, 3.05) is 17.7 Å². The number of hydrogen-bond donors (Lipinski definition) is 2. The summed E-state index contributed by atoms with van der Waals surface area (Å²) in [6.45, 7) is 2.32. The molecule has 0 fully saturated rings. The zero-order valence-corrected chi connectivity index (χ0v) is 10.6. The van der Waals surface area contributed by atoms with Gasteiger partial charge in [0.05, 0.1) is 18.5 Å². The molecule has 98 valence electrons. The van der Waals surface area contributed by atoms with Gasteiger partial charge < -0.3 is 15.8 Å². The molecule has 5 heteroatoms. The van der Waals surface area contributed by atoms with Crippen molar-refractivity contribution < 1.29 is 9.53 Å². The lowest BCUT2D eigenvalue weighted by Gasteiger charge is -2.12. The highest BCUT2D eigenvalue weighted by Gasteiger charge is 2.16. The first-order chi connectivity index (χ1) is 9.22. The first-order valence-electron chi connectivity index (χ1n) is 5.95. The van der Waals surface area contributed by atoms with Gasteiger partial charge in [-0.25, -0.2) is 0 Å². The maximum absolute atomic E-state index is 12.2. The van der Waals surface area contributed by atoms with Crippen molar-refractivity contribution in [3.8, 4) is 5.75 Å². The molecule has 2 aromatic rings. The summed E-state index contributed by atoms with van der Waals surface area (Å²) < 4.78 is 5.42. The SMILES string of the molecule is CCOc1cccc(N)c1C(=O)Nc1cccnc1. The number of benzene rings is 1. The number of pyridine rings is 1. The highest BCUT2D eigenvalue weighted by molar-refractivity contribution is 6.09. The minimum absolute atomic E-state index is 0.311. The molecule has 0 aliphatic heterocycles. The lowest BCUT2D eigenvalue weighted by Crippen LogP contribution is -2.16. The van der Waals surface area contributed by atoms with E-state index in [9.17, 15) is 4.79 Å². The van der Waals surface area contributed by atoms with Gasteiger partial charge in [-0.1, -0.05) is 6.07 Å². The van der Waals surface area contributed by atoms with E-state index in [0.29, 0.717) is 29.3 Å². The van der Waals surface area contributed by atoms with Crippen LogP contribution in [0.2, 0.25) is 0 Å². The van der Waals surface area contributed by atoms with Crippen LogP contribution in [0.4, 0.5) is 11.4 Å². The molecule has 0 radical (unpaired) electrons. The molecule has 1 aromatic carbocycles. The average Bonchev–Trinajstić information content (AvgIpc) is 2.40. The number of aromatic nitrogens is 1. The number of carbonyl (C=O) groups is 1. The molecule has 0 aliphatic rings. The number of anilines is 2. The first kappa shape index (κ1) is 12.9. The smallest absolute Gasteiger partial charge is 0.261 e. The first-order valence-corrected chi connectivity index (χ1v) is 5.95. The molecule has 0 spiro atoms. The predicted molar refractivity (Wildman–Crippen MR) is 74.2 cm³/mol. The van der Waals surface area contributed by atoms with Crippen molar-refractivity contribution in [3.05, 3.63) is 48.3 Å². The topological polar surface area (TPSA) is 77.2 Å². The van der Waals surface area contributed by atoms with Gasteiger partial charge in [-0.3, -0.25) is 9.78 Å². The molecule has 3 N–H and O–H groups in total. The fraction of sp³-hybridized carbons (Fsp3) is 0.143. The predicted octanol–water partition coefficient (Wildman–Crippen LogP) is 2.31. The van der Waals surface area contributed by atoms with Gasteiger partial charge >= 0.3 is 0 Å². The van der Waals surface area contributed by atoms with Gasteiger partial charge in [0, 0.05) is 11.9 Å². The van der Waals surface area contributed by atoms with Crippen LogP contribution in [-0.2, 0) is 0 Å². The average molecular weight is 257 g/mol. The Labute approximate surface area is 111 Å². The molecular formula is C14H15N3O2. The van der Waals surface area contributed by atoms with Crippen LogP contribution in [0, 0.1) is 0 Å². The van der Waals surface area contributed by atoms with E-state index >= 15 is 0 Å². The summed E-state index contributed by atoms with van der Waals surface area (Å²) in [4.78, 5) is 16.2. The monoisotopic (exact) mass is 257 g/mol. The number of carbonyl (C=O) groups excluding carboxylic acids is 1. The second kappa shape index (κ2) is 5.86. The van der Waals surface area contributed by atoms with Gasteiger partial charge in [0.25, 0.3) is 5.91 Å². The summed E-state index contributed by atoms with van der Waals surface area (Å²) in [6, 6.07) is 8.64. The van der Waals surface area contributed by atoms with Gasteiger partial charge in [0.15, 0.2) is 0 Å². The zero-order valence-electron chi connectivity index (χ0n) is 10.6. The van der Waals surface area contributed by atoms with Crippen LogP contribution in [0.1, 0.15) is 17.3 Å². The standard InChI is InChI=1S/C14H15N3O2/c1-2-19-12-7-3-6-11(15)13(12)14(18)17-10-5-4-8-16-9-10/h3-9H,2,15H2,1H3,(H,17,18). The highest BCUT2D eigenvalue weighted by atomic mass is 16.5. The van der Waals surface area contributed by atoms with Crippen molar-refractivity contribution in [3.63, 3.8) is 0 Å². The minimum Gasteiger partial charge on any atom is -0.493 e. The second-order valence-corrected chi connectivity index (χ2v) is 3.85. The van der Waals surface area contributed by atoms with E-state index in [1.165, 1.54) is 0 Å². The Bertz CT molecular complexity index is 570. The van der Waals surface area contributed by atoms with Crippen LogP contribution in [0.5, 0.6) is 5.75 Å². The number of rotatable bonds is 4. The molecule has 5 nitrogen and oxygen atoms in total. The Morgan fingerprint density at radius 2 is 2.21 bits per heavy atom. The molecule has 0 saturated carbocycles. The summed E-state index contributed by atoms with van der Waals surface area (Å²) in [7, 11) is 0. The van der Waals surface area contributed by atoms with Crippen LogP contribution < -0.4 is 15.8 Å². The molecule has 1 heterocycles. The molecule has 1 amide bonds. The number of ether oxygens (including phenoxy) is 1. The van der Waals surface area contributed by atoms with Gasteiger partial charge in [-0.2, -0.15) is 0 Å². The van der Waals surface area contributed by atoms with Crippen LogP contribution in [0.3, 0.4) is 0 Å². The van der Waals surface area contributed by atoms with E-state index in [4.69, 9.17) is 10.5 Å². The van der Waals surface area contributed by atoms with Crippen molar-refractivity contribution >= 4 is 17.3 Å². The normalized spacial score (nSPS) is 9.95. The fourth-order valence-electron chi connectivity index (χ4n) is 1.70. The molecule has 1 aromatic heterocycles. The highest BCUT2D eigenvalue weighted by Crippen LogP contribution is 2.25. The van der Waals surface area contributed by atoms with E-state index in [-0.39, 0.29) is 5.91 Å². The maximum atomic E-state index is 12.2. The van der Waals surface area contributed by atoms with Crippen LogP contribution >= 0.6 is 0 Å². The Morgan fingerprint density at radius 1 is 1.37 bits per heavy atom. The second-order valence-electron chi connectivity index (χ2n) is 3.85. The summed E-state index contributed by atoms with van der Waals surface area (Å²) in [5.74, 6) is 0.165. The van der Waals surface area contributed by atoms with Gasteiger partial charge in [-0.15, -0.1) is 0 Å². The lowest BCUT2D eigenvalue weighted by molar-refractivity contribution is 0.102. The Morgan fingerprint density at radius 3 is 2.89 bits per heavy atom. The van der Waals surface area contributed by atoms with E-state index in [0.717, 1.165) is 0 Å². The van der Waals surface area contributed by atoms with Crippen LogP contribution in [0.15, 0.2) is 42.7 Å². The van der Waals surface area contributed by atoms with Gasteiger partial charge in [-0.05, 0) is 31.2 Å². The molecule has 0 atom stereocenters. The van der Waals surface area contributed by atoms with Crippen LogP contribution in [0.25, 0.3) is 0 Å². The molecule has 0 aliphatic carbocycles. The fourth-order valence-corrected chi connectivity index (χ4v) is 1.70. The quantitative estimate of drug-likeness (QED) is 0.824. The molecular weight excluding hydrogens is 242 g/mol. The number of amides is 1. The third-order valence-corrected chi connectivity index (χ3v) is 2.50. The summed E-state index contributed by atoms with van der Waals surface area (Å²) in [5.41, 5.74) is 7.18. The number of nitrogens with zero attached hydrogens (tertiary/aromatic N) is 1. The molecule has 0 unspecified atom stereocenters. The molecule has 0 bridgehead atoms. The van der Waals surface area contributed by atoms with Crippen LogP contribution in [-0.4, -0.2) is 17.5 Å². The largest absolute Gasteiger partial charge is 0.493 e. The zero-order chi connectivity index (χ0) is 13.7. The van der Waals surface area contributed by atoms with Crippen molar-refractivity contribution in [1.29, 1.82) is 0 Å². The lowest BCUT2D eigenvalue weighted by atomic mass is 10.1. The summed E-state index contributed by atoms with van der Waals surface area (Å²) in [5, 5.41) is 2.74. The number of nitrogens with one attached hydrogen (secondary N) is 1. The summed E-state index contributed by atoms with van der Waals surface area (Å²) in [6.07, 6.45) is 3.20. The van der Waals surface area contributed by atoms with Crippen molar-refractivity contribution in [2.45, 2.75) is 6.92 Å². The van der Waals surface area contributed by atoms with Crippen molar-refractivity contribution in [1.82, 2.24) is 4.98 Å². The summed E-state index contributed by atoms with van der Waals surface area (Å²) >= 11 is 0. The van der Waals surface area contributed by atoms with Crippen molar-refractivity contribution in [2.24, 2.45) is 0 Å². The Hall–Kier alpha value is -2.56.